The van der Waals surface area contributed by atoms with Gasteiger partial charge in [0.2, 0.25) is 5.91 Å². The molecule has 1 N–H and O–H groups in total. The summed E-state index contributed by atoms with van der Waals surface area (Å²) in [6.45, 7) is 3.06. The van der Waals surface area contributed by atoms with E-state index in [1.165, 1.54) is 6.08 Å². The molecule has 0 aromatic heterocycles. The highest BCUT2D eigenvalue weighted by atomic mass is 35.5. The molecule has 1 atom stereocenters. The quantitative estimate of drug-likeness (QED) is 0.840. The second-order valence-corrected chi connectivity index (χ2v) is 6.44. The number of amides is 1. The molecule has 0 radical (unpaired) electrons. The fourth-order valence-electron chi connectivity index (χ4n) is 2.40. The van der Waals surface area contributed by atoms with Gasteiger partial charge in [-0.25, -0.2) is 0 Å². The van der Waals surface area contributed by atoms with E-state index in [2.05, 4.69) is 0 Å². The number of carbonyl (C=O) groups is 1. The SMILES string of the molecule is CC1(O)CCCN(C(=O)/C=C/c2cccc(Cl)c2Cl)CC1. The van der Waals surface area contributed by atoms with Gasteiger partial charge in [0.15, 0.2) is 0 Å². The van der Waals surface area contributed by atoms with Crippen LogP contribution in [0.3, 0.4) is 0 Å². The predicted octanol–water partition coefficient (Wildman–Crippen LogP) is 3.77. The summed E-state index contributed by atoms with van der Waals surface area (Å²) in [5.74, 6) is -0.0660. The molecule has 0 spiro atoms. The molecule has 1 saturated heterocycles. The number of aliphatic hydroxyl groups is 1. The maximum atomic E-state index is 12.2. The van der Waals surface area contributed by atoms with E-state index in [-0.39, 0.29) is 5.91 Å². The first-order chi connectivity index (χ1) is 9.89. The molecule has 21 heavy (non-hydrogen) atoms. The van der Waals surface area contributed by atoms with Crippen molar-refractivity contribution in [2.24, 2.45) is 0 Å². The van der Waals surface area contributed by atoms with Crippen LogP contribution in [0.15, 0.2) is 24.3 Å². The number of hydrogen-bond donors (Lipinski definition) is 1. The molecule has 1 aliphatic heterocycles. The van der Waals surface area contributed by atoms with E-state index < -0.39 is 5.60 Å². The van der Waals surface area contributed by atoms with Crippen LogP contribution < -0.4 is 0 Å². The van der Waals surface area contributed by atoms with E-state index in [9.17, 15) is 9.90 Å². The Morgan fingerprint density at radius 3 is 2.86 bits per heavy atom. The van der Waals surface area contributed by atoms with Gasteiger partial charge >= 0.3 is 0 Å². The maximum absolute atomic E-state index is 12.2. The Labute approximate surface area is 135 Å². The van der Waals surface area contributed by atoms with Crippen LogP contribution in [0.5, 0.6) is 0 Å². The zero-order valence-corrected chi connectivity index (χ0v) is 13.5. The van der Waals surface area contributed by atoms with Crippen molar-refractivity contribution in [3.05, 3.63) is 39.9 Å². The van der Waals surface area contributed by atoms with Gasteiger partial charge in [0, 0.05) is 19.2 Å². The summed E-state index contributed by atoms with van der Waals surface area (Å²) in [7, 11) is 0. The van der Waals surface area contributed by atoms with Gasteiger partial charge in [-0.05, 0) is 43.9 Å². The van der Waals surface area contributed by atoms with Gasteiger partial charge in [0.1, 0.15) is 0 Å². The lowest BCUT2D eigenvalue weighted by Gasteiger charge is -2.21. The van der Waals surface area contributed by atoms with Gasteiger partial charge in [0.05, 0.1) is 15.6 Å². The minimum atomic E-state index is -0.672. The molecule has 1 fully saturated rings. The van der Waals surface area contributed by atoms with Gasteiger partial charge in [-0.1, -0.05) is 35.3 Å². The number of rotatable bonds is 2. The number of likely N-dealkylation sites (tertiary alicyclic amines) is 1. The monoisotopic (exact) mass is 327 g/mol. The first kappa shape index (κ1) is 16.3. The van der Waals surface area contributed by atoms with E-state index in [0.29, 0.717) is 29.6 Å². The summed E-state index contributed by atoms with van der Waals surface area (Å²) in [5, 5.41) is 11.0. The molecule has 3 nitrogen and oxygen atoms in total. The third-order valence-corrected chi connectivity index (χ3v) is 4.60. The molecule has 1 heterocycles. The zero-order chi connectivity index (χ0) is 15.5. The summed E-state index contributed by atoms with van der Waals surface area (Å²) < 4.78 is 0. The van der Waals surface area contributed by atoms with Crippen LogP contribution in [0.2, 0.25) is 10.0 Å². The van der Waals surface area contributed by atoms with Crippen LogP contribution in [0.25, 0.3) is 6.08 Å². The molecule has 0 bridgehead atoms. The predicted molar refractivity (Wildman–Crippen MR) is 86.6 cm³/mol. The molecular formula is C16H19Cl2NO2. The van der Waals surface area contributed by atoms with Crippen LogP contribution >= 0.6 is 23.2 Å². The van der Waals surface area contributed by atoms with E-state index >= 15 is 0 Å². The molecule has 1 unspecified atom stereocenters. The van der Waals surface area contributed by atoms with Crippen LogP contribution in [0, 0.1) is 0 Å². The Morgan fingerprint density at radius 1 is 1.33 bits per heavy atom. The van der Waals surface area contributed by atoms with Crippen molar-refractivity contribution >= 4 is 35.2 Å². The number of carbonyl (C=O) groups excluding carboxylic acids is 1. The van der Waals surface area contributed by atoms with E-state index in [1.807, 2.05) is 13.0 Å². The molecule has 114 valence electrons. The van der Waals surface area contributed by atoms with Gasteiger partial charge in [-0.15, -0.1) is 0 Å². The highest BCUT2D eigenvalue weighted by molar-refractivity contribution is 6.42. The molecule has 1 amide bonds. The zero-order valence-electron chi connectivity index (χ0n) is 12.0. The van der Waals surface area contributed by atoms with Gasteiger partial charge in [-0.3, -0.25) is 4.79 Å². The van der Waals surface area contributed by atoms with E-state index in [4.69, 9.17) is 23.2 Å². The Balaban J connectivity index is 2.04. The summed E-state index contributed by atoms with van der Waals surface area (Å²) in [6.07, 6.45) is 5.33. The number of benzene rings is 1. The minimum absolute atomic E-state index is 0.0660. The molecular weight excluding hydrogens is 309 g/mol. The standard InChI is InChI=1S/C16H19Cl2NO2/c1-16(21)8-3-10-19(11-9-16)14(20)7-6-12-4-2-5-13(17)15(12)18/h2,4-7,21H,3,8-11H2,1H3/b7-6+. The molecule has 5 heteroatoms. The van der Waals surface area contributed by atoms with E-state index in [1.54, 1.807) is 23.1 Å². The average Bonchev–Trinajstić information content (AvgIpc) is 2.61. The molecule has 2 rings (SSSR count). The van der Waals surface area contributed by atoms with Gasteiger partial charge in [0.25, 0.3) is 0 Å². The van der Waals surface area contributed by atoms with Crippen LogP contribution in [0.1, 0.15) is 31.7 Å². The molecule has 1 aromatic carbocycles. The second kappa shape index (κ2) is 6.82. The van der Waals surface area contributed by atoms with E-state index in [0.717, 1.165) is 18.4 Å². The van der Waals surface area contributed by atoms with Crippen molar-refractivity contribution in [3.63, 3.8) is 0 Å². The smallest absolute Gasteiger partial charge is 0.246 e. The van der Waals surface area contributed by atoms with Crippen molar-refractivity contribution in [3.8, 4) is 0 Å². The van der Waals surface area contributed by atoms with Crippen molar-refractivity contribution in [2.45, 2.75) is 31.8 Å². The third-order valence-electron chi connectivity index (χ3n) is 3.76. The number of nitrogens with zero attached hydrogens (tertiary/aromatic N) is 1. The maximum Gasteiger partial charge on any atom is 0.246 e. The van der Waals surface area contributed by atoms with Gasteiger partial charge < -0.3 is 10.0 Å². The van der Waals surface area contributed by atoms with Crippen molar-refractivity contribution in [1.29, 1.82) is 0 Å². The second-order valence-electron chi connectivity index (χ2n) is 5.65. The van der Waals surface area contributed by atoms with Crippen LogP contribution in [-0.4, -0.2) is 34.6 Å². The molecule has 0 aliphatic carbocycles. The summed E-state index contributed by atoms with van der Waals surface area (Å²) in [6, 6.07) is 5.31. The van der Waals surface area contributed by atoms with Crippen molar-refractivity contribution in [1.82, 2.24) is 4.90 Å². The van der Waals surface area contributed by atoms with Crippen molar-refractivity contribution in [2.75, 3.05) is 13.1 Å². The van der Waals surface area contributed by atoms with Crippen LogP contribution in [0.4, 0.5) is 0 Å². The lowest BCUT2D eigenvalue weighted by molar-refractivity contribution is -0.126. The molecule has 1 aromatic rings. The lowest BCUT2D eigenvalue weighted by atomic mass is 9.98. The Hall–Kier alpha value is -1.03. The first-order valence-electron chi connectivity index (χ1n) is 7.02. The first-order valence-corrected chi connectivity index (χ1v) is 7.78. The lowest BCUT2D eigenvalue weighted by Crippen LogP contribution is -2.32. The average molecular weight is 328 g/mol. The number of hydrogen-bond acceptors (Lipinski definition) is 2. The Bertz CT molecular complexity index is 555. The fourth-order valence-corrected chi connectivity index (χ4v) is 2.77. The van der Waals surface area contributed by atoms with Gasteiger partial charge in [-0.2, -0.15) is 0 Å². The third kappa shape index (κ3) is 4.47. The van der Waals surface area contributed by atoms with Crippen LogP contribution in [-0.2, 0) is 4.79 Å². The topological polar surface area (TPSA) is 40.5 Å². The number of halogens is 2. The Morgan fingerprint density at radius 2 is 2.10 bits per heavy atom. The molecule has 1 aliphatic rings. The van der Waals surface area contributed by atoms with Crippen molar-refractivity contribution < 1.29 is 9.90 Å². The fraction of sp³-hybridized carbons (Fsp3) is 0.438. The Kier molecular flexibility index (Phi) is 5.31. The summed E-state index contributed by atoms with van der Waals surface area (Å²) in [4.78, 5) is 14.0. The summed E-state index contributed by atoms with van der Waals surface area (Å²) >= 11 is 12.0. The molecule has 0 saturated carbocycles. The normalized spacial score (nSPS) is 23.3. The highest BCUT2D eigenvalue weighted by Gasteiger charge is 2.26. The minimum Gasteiger partial charge on any atom is -0.390 e. The summed E-state index contributed by atoms with van der Waals surface area (Å²) in [5.41, 5.74) is 0.0500. The largest absolute Gasteiger partial charge is 0.390 e. The highest BCUT2D eigenvalue weighted by Crippen LogP contribution is 2.26.